The highest BCUT2D eigenvalue weighted by atomic mass is 19.4. The minimum atomic E-state index is -5.94. The molecular formula is C24H18F5N3O4. The van der Waals surface area contributed by atoms with E-state index in [-0.39, 0.29) is 17.5 Å². The van der Waals surface area contributed by atoms with Gasteiger partial charge in [0.15, 0.2) is 5.78 Å². The smallest absolute Gasteiger partial charge is 0.455 e. The summed E-state index contributed by atoms with van der Waals surface area (Å²) >= 11 is 0. The van der Waals surface area contributed by atoms with E-state index in [0.717, 1.165) is 0 Å². The number of amidine groups is 1. The van der Waals surface area contributed by atoms with Crippen LogP contribution in [0.15, 0.2) is 65.9 Å². The number of nitrogens with one attached hydrogen (secondary N) is 1. The molecule has 188 valence electrons. The number of hydrogen-bond donors (Lipinski definition) is 2. The summed E-state index contributed by atoms with van der Waals surface area (Å²) in [4.78, 5) is 39.1. The summed E-state index contributed by atoms with van der Waals surface area (Å²) in [6.07, 6.45) is -6.22. The fourth-order valence-corrected chi connectivity index (χ4v) is 4.15. The predicted molar refractivity (Wildman–Crippen MR) is 116 cm³/mol. The molecule has 2 heterocycles. The highest BCUT2D eigenvalue weighted by molar-refractivity contribution is 6.27. The van der Waals surface area contributed by atoms with Gasteiger partial charge in [0, 0.05) is 6.42 Å². The second-order valence-corrected chi connectivity index (χ2v) is 8.31. The van der Waals surface area contributed by atoms with Crippen molar-refractivity contribution in [3.63, 3.8) is 0 Å². The summed E-state index contributed by atoms with van der Waals surface area (Å²) in [6.45, 7) is -2.95. The summed E-state index contributed by atoms with van der Waals surface area (Å²) in [5.41, 5.74) is -0.325. The molecule has 2 N–H and O–H groups in total. The van der Waals surface area contributed by atoms with Gasteiger partial charge in [-0.05, 0) is 17.7 Å². The van der Waals surface area contributed by atoms with Crippen molar-refractivity contribution in [1.82, 2.24) is 9.80 Å². The zero-order valence-electron chi connectivity index (χ0n) is 18.4. The van der Waals surface area contributed by atoms with Crippen LogP contribution >= 0.6 is 0 Å². The second-order valence-electron chi connectivity index (χ2n) is 8.31. The lowest BCUT2D eigenvalue weighted by atomic mass is 10.0. The van der Waals surface area contributed by atoms with Crippen molar-refractivity contribution < 1.29 is 41.4 Å². The Morgan fingerprint density at radius 3 is 1.97 bits per heavy atom. The van der Waals surface area contributed by atoms with Gasteiger partial charge in [-0.2, -0.15) is 22.0 Å². The van der Waals surface area contributed by atoms with E-state index in [9.17, 15) is 41.4 Å². The Bertz CT molecular complexity index is 1260. The van der Waals surface area contributed by atoms with Crippen molar-refractivity contribution in [1.29, 1.82) is 5.41 Å². The van der Waals surface area contributed by atoms with Crippen LogP contribution in [0.1, 0.15) is 26.3 Å². The van der Waals surface area contributed by atoms with Crippen molar-refractivity contribution in [2.24, 2.45) is 0 Å². The molecule has 2 aliphatic heterocycles. The fourth-order valence-electron chi connectivity index (χ4n) is 4.15. The fraction of sp³-hybridized carbons (Fsp3) is 0.250. The Balaban J connectivity index is 1.65. The van der Waals surface area contributed by atoms with E-state index in [1.54, 1.807) is 18.2 Å². The monoisotopic (exact) mass is 507 g/mol. The number of hydrogen-bond acceptors (Lipinski definition) is 5. The maximum atomic E-state index is 14.0. The third kappa shape index (κ3) is 4.23. The number of fused-ring (bicyclic) bond motifs is 1. The van der Waals surface area contributed by atoms with Gasteiger partial charge < -0.3 is 10.0 Å². The number of amides is 2. The lowest BCUT2D eigenvalue weighted by Gasteiger charge is -2.31. The van der Waals surface area contributed by atoms with Crippen LogP contribution < -0.4 is 0 Å². The number of aliphatic hydroxyl groups is 1. The molecule has 1 atom stereocenters. The molecule has 2 amide bonds. The Morgan fingerprint density at radius 2 is 1.44 bits per heavy atom. The number of alkyl halides is 5. The first-order valence-electron chi connectivity index (χ1n) is 10.6. The molecule has 12 heteroatoms. The first kappa shape index (κ1) is 25.0. The molecule has 0 spiro atoms. The van der Waals surface area contributed by atoms with Crippen molar-refractivity contribution in [3.05, 3.63) is 82.6 Å². The van der Waals surface area contributed by atoms with E-state index in [0.29, 0.717) is 15.4 Å². The van der Waals surface area contributed by atoms with E-state index in [1.807, 2.05) is 0 Å². The highest BCUT2D eigenvalue weighted by Gasteiger charge is 2.60. The van der Waals surface area contributed by atoms with Gasteiger partial charge in [0.1, 0.15) is 17.2 Å². The van der Waals surface area contributed by atoms with E-state index in [1.165, 1.54) is 36.4 Å². The number of aliphatic hydroxyl groups excluding tert-OH is 1. The van der Waals surface area contributed by atoms with Gasteiger partial charge >= 0.3 is 12.1 Å². The lowest BCUT2D eigenvalue weighted by molar-refractivity contribution is -0.284. The molecule has 0 aromatic heterocycles. The summed E-state index contributed by atoms with van der Waals surface area (Å²) in [5, 5.41) is 19.0. The number of rotatable bonds is 7. The van der Waals surface area contributed by atoms with Crippen molar-refractivity contribution >= 4 is 23.4 Å². The summed E-state index contributed by atoms with van der Waals surface area (Å²) in [5.74, 6) is -9.97. The lowest BCUT2D eigenvalue weighted by Crippen LogP contribution is -2.51. The number of halogens is 5. The minimum absolute atomic E-state index is 0.0309. The van der Waals surface area contributed by atoms with Gasteiger partial charge in [-0.3, -0.25) is 24.7 Å². The van der Waals surface area contributed by atoms with E-state index < -0.39 is 66.0 Å². The topological polar surface area (TPSA) is 102 Å². The van der Waals surface area contributed by atoms with Crippen LogP contribution in [0.5, 0.6) is 0 Å². The van der Waals surface area contributed by atoms with Crippen molar-refractivity contribution in [3.8, 4) is 0 Å². The van der Waals surface area contributed by atoms with Crippen LogP contribution in [0, 0.1) is 5.41 Å². The Hall–Kier alpha value is -4.09. The molecule has 0 bridgehead atoms. The first-order valence-corrected chi connectivity index (χ1v) is 10.6. The number of benzene rings is 2. The molecular weight excluding hydrogens is 489 g/mol. The second kappa shape index (κ2) is 8.85. The van der Waals surface area contributed by atoms with Gasteiger partial charge in [0.25, 0.3) is 11.8 Å². The maximum absolute atomic E-state index is 14.0. The third-order valence-electron chi connectivity index (χ3n) is 5.99. The van der Waals surface area contributed by atoms with Crippen LogP contribution in [0.2, 0.25) is 0 Å². The van der Waals surface area contributed by atoms with Gasteiger partial charge in [-0.25, -0.2) is 0 Å². The highest BCUT2D eigenvalue weighted by Crippen LogP contribution is 2.39. The molecule has 0 unspecified atom stereocenters. The Kier molecular flexibility index (Phi) is 6.15. The van der Waals surface area contributed by atoms with Crippen molar-refractivity contribution in [2.45, 2.75) is 24.6 Å². The summed E-state index contributed by atoms with van der Waals surface area (Å²) < 4.78 is 66.7. The normalized spacial score (nSPS) is 18.4. The third-order valence-corrected chi connectivity index (χ3v) is 5.99. The first-order chi connectivity index (χ1) is 16.8. The molecule has 0 aliphatic carbocycles. The average molecular weight is 507 g/mol. The maximum Gasteiger partial charge on any atom is 0.455 e. The van der Waals surface area contributed by atoms with Crippen LogP contribution in [-0.2, 0) is 11.2 Å². The summed E-state index contributed by atoms with van der Waals surface area (Å²) in [6, 6.07) is 12.0. The van der Waals surface area contributed by atoms with Gasteiger partial charge in [-0.1, -0.05) is 42.5 Å². The Morgan fingerprint density at radius 1 is 0.917 bits per heavy atom. The molecule has 0 saturated heterocycles. The molecule has 0 radical (unpaired) electrons. The van der Waals surface area contributed by atoms with E-state index in [2.05, 4.69) is 0 Å². The number of nitrogens with zero attached hydrogens (tertiary/aromatic N) is 2. The van der Waals surface area contributed by atoms with Gasteiger partial charge in [-0.15, -0.1) is 0 Å². The van der Waals surface area contributed by atoms with Gasteiger partial charge in [0.2, 0.25) is 0 Å². The van der Waals surface area contributed by atoms with Gasteiger partial charge in [0.05, 0.1) is 30.3 Å². The zero-order chi connectivity index (χ0) is 26.4. The van der Waals surface area contributed by atoms with E-state index in [4.69, 9.17) is 5.41 Å². The average Bonchev–Trinajstić information content (AvgIpc) is 3.19. The SMILES string of the molecule is N=C1C(C(=O)CN2C(=O)c3ccccc3C2=O)=C(O)[C@@H](Cc2ccccc2)N1CC(F)(F)C(F)(F)F. The molecule has 0 fully saturated rings. The van der Waals surface area contributed by atoms with Crippen LogP contribution in [0.25, 0.3) is 0 Å². The van der Waals surface area contributed by atoms with Crippen LogP contribution in [-0.4, -0.2) is 69.6 Å². The minimum Gasteiger partial charge on any atom is -0.509 e. The molecule has 2 aromatic carbocycles. The van der Waals surface area contributed by atoms with E-state index >= 15 is 0 Å². The molecule has 7 nitrogen and oxygen atoms in total. The molecule has 0 saturated carbocycles. The molecule has 4 rings (SSSR count). The molecule has 2 aromatic rings. The van der Waals surface area contributed by atoms with Crippen LogP contribution in [0.3, 0.4) is 0 Å². The van der Waals surface area contributed by atoms with Crippen molar-refractivity contribution in [2.75, 3.05) is 13.1 Å². The zero-order valence-corrected chi connectivity index (χ0v) is 18.4. The quantitative estimate of drug-likeness (QED) is 0.439. The number of carbonyl (C=O) groups excluding carboxylic acids is 3. The van der Waals surface area contributed by atoms with Crippen LogP contribution in [0.4, 0.5) is 22.0 Å². The number of ketones is 1. The molecule has 2 aliphatic rings. The number of Topliss-reactive ketones (excluding diaryl/α,β-unsaturated/α-hetero) is 1. The molecule has 36 heavy (non-hydrogen) atoms. The summed E-state index contributed by atoms with van der Waals surface area (Å²) in [7, 11) is 0. The standard InChI is InChI=1S/C24H18F5N3O4/c25-23(26,24(27,28)29)12-32-16(10-13-6-2-1-3-7-13)19(34)18(20(32)30)17(33)11-31-21(35)14-8-4-5-9-15(14)22(31)36/h1-9,16,30,34H,10-12H2/t16-/m1/s1. The largest absolute Gasteiger partial charge is 0.509 e. The predicted octanol–water partition coefficient (Wildman–Crippen LogP) is 3.77. The number of imide groups is 1. The number of carbonyl (C=O) groups is 3. The Labute approximate surface area is 200 Å².